The van der Waals surface area contributed by atoms with E-state index < -0.39 is 0 Å². The van der Waals surface area contributed by atoms with Crippen molar-refractivity contribution in [3.63, 3.8) is 0 Å². The van der Waals surface area contributed by atoms with Crippen LogP contribution in [0.15, 0.2) is 0 Å². The lowest BCUT2D eigenvalue weighted by Gasteiger charge is -2.22. The molecule has 3 heteroatoms. The van der Waals surface area contributed by atoms with Gasteiger partial charge in [0.25, 0.3) is 0 Å². The van der Waals surface area contributed by atoms with Gasteiger partial charge in [0.05, 0.1) is 0 Å². The molecule has 1 aliphatic rings. The molecule has 0 heterocycles. The number of ether oxygens (including phenoxy) is 1. The first-order chi connectivity index (χ1) is 15.7. The van der Waals surface area contributed by atoms with E-state index in [4.69, 9.17) is 0 Å². The highest BCUT2D eigenvalue weighted by atomic mass is 32.2. The Kier molecular flexibility index (Phi) is 75.3. The van der Waals surface area contributed by atoms with Gasteiger partial charge in [-0.05, 0) is 55.7 Å². The maximum Gasteiger partial charge on any atom is 0.0433 e. The Morgan fingerprint density at radius 1 is 0.824 bits per heavy atom. The zero-order valence-electron chi connectivity index (χ0n) is 28.2. The van der Waals surface area contributed by atoms with Crippen LogP contribution in [-0.2, 0) is 4.74 Å². The highest BCUT2D eigenvalue weighted by Gasteiger charge is 2.13. The molecule has 0 saturated heterocycles. The first-order valence-corrected chi connectivity index (χ1v) is 15.7. The minimum Gasteiger partial charge on any atom is -0.385 e. The fourth-order valence-electron chi connectivity index (χ4n) is 1.43. The van der Waals surface area contributed by atoms with Gasteiger partial charge in [-0.3, -0.25) is 0 Å². The van der Waals surface area contributed by atoms with Gasteiger partial charge in [0.1, 0.15) is 0 Å². The van der Waals surface area contributed by atoms with Gasteiger partial charge in [-0.25, -0.2) is 0 Å². The Balaban J connectivity index is -0.0000000508. The molecule has 0 bridgehead atoms. The Hall–Kier alpha value is 0.270. The first kappa shape index (κ1) is 51.0. The van der Waals surface area contributed by atoms with Crippen molar-refractivity contribution in [2.24, 2.45) is 23.2 Å². The number of hydrogen-bond acceptors (Lipinski definition) is 3. The fourth-order valence-corrected chi connectivity index (χ4v) is 1.43. The van der Waals surface area contributed by atoms with Gasteiger partial charge in [-0.2, -0.15) is 11.8 Å². The van der Waals surface area contributed by atoms with Gasteiger partial charge in [-0.1, -0.05) is 136 Å². The van der Waals surface area contributed by atoms with E-state index in [1.165, 1.54) is 37.9 Å². The average molecular weight is 512 g/mol. The molecule has 1 aliphatic carbocycles. The molecule has 0 amide bonds. The third-order valence-corrected chi connectivity index (χ3v) is 3.81. The Morgan fingerprint density at radius 3 is 1.03 bits per heavy atom. The number of thioether (sulfide) groups is 1. The summed E-state index contributed by atoms with van der Waals surface area (Å²) in [5, 5.41) is 2.93. The molecule has 218 valence electrons. The highest BCUT2D eigenvalue weighted by molar-refractivity contribution is 7.98. The molecule has 1 N–H and O–H groups in total. The molecular weight excluding hydrogens is 434 g/mol. The molecule has 2 nitrogen and oxygen atoms in total. The summed E-state index contributed by atoms with van der Waals surface area (Å²) in [6, 6.07) is 0. The summed E-state index contributed by atoms with van der Waals surface area (Å²) in [6.45, 7) is 36.3. The Bertz CT molecular complexity index is 210. The molecule has 0 aromatic rings. The predicted octanol–water partition coefficient (Wildman–Crippen LogP) is 11.2. The van der Waals surface area contributed by atoms with Crippen LogP contribution in [0.25, 0.3) is 0 Å². The summed E-state index contributed by atoms with van der Waals surface area (Å²) in [6.07, 6.45) is 9.24. The van der Waals surface area contributed by atoms with Crippen LogP contribution in [0, 0.1) is 23.2 Å². The summed E-state index contributed by atoms with van der Waals surface area (Å²) in [5.74, 6) is 4.11. The van der Waals surface area contributed by atoms with Crippen molar-refractivity contribution in [3.8, 4) is 0 Å². The van der Waals surface area contributed by atoms with Crippen LogP contribution in [-0.4, -0.2) is 39.3 Å². The van der Waals surface area contributed by atoms with Gasteiger partial charge >= 0.3 is 0 Å². The minimum absolute atomic E-state index is 0.500. The molecule has 0 radical (unpaired) electrons. The van der Waals surface area contributed by atoms with Crippen LogP contribution in [0.1, 0.15) is 143 Å². The van der Waals surface area contributed by atoms with Gasteiger partial charge in [-0.15, -0.1) is 0 Å². The van der Waals surface area contributed by atoms with Crippen molar-refractivity contribution in [1.29, 1.82) is 0 Å². The Morgan fingerprint density at radius 2 is 0.971 bits per heavy atom. The molecular formula is C31H77NOS. The van der Waals surface area contributed by atoms with Crippen LogP contribution < -0.4 is 5.32 Å². The molecule has 0 spiro atoms. The van der Waals surface area contributed by atoms with E-state index in [0.29, 0.717) is 5.41 Å². The predicted molar refractivity (Wildman–Crippen MR) is 171 cm³/mol. The molecule has 0 aromatic carbocycles. The van der Waals surface area contributed by atoms with Gasteiger partial charge in [0.2, 0.25) is 0 Å². The van der Waals surface area contributed by atoms with E-state index in [-0.39, 0.29) is 0 Å². The van der Waals surface area contributed by atoms with Crippen molar-refractivity contribution in [2.45, 2.75) is 143 Å². The molecule has 0 aliphatic heterocycles. The standard InChI is InChI=1S/C8H16.C5H12.C4H10.C3H9N.C3H8O.C3H8S.C3H8.C2H6/c1-7-3-5-8(2)6-4-7;1-5(2,3)4;1-4(2)3;3*1-3-4-2;1-3-2;1-2/h7-8H,3-6H2,1-2H3;1-4H3;4H,1-3H3;4H,3H2,1-2H3;2*3H2,1-2H3;3H2,1-2H3;1-2H3. The molecule has 0 aromatic heterocycles. The SMILES string of the molecule is CC.CC(C)(C)C.CC(C)C.CC1CCC(C)CC1.CCC.CCNC.CCOC.CCSC. The average Bonchev–Trinajstić information content (AvgIpc) is 2.77. The quantitative estimate of drug-likeness (QED) is 0.407. The van der Waals surface area contributed by atoms with E-state index in [9.17, 15) is 0 Å². The van der Waals surface area contributed by atoms with Crippen LogP contribution in [0.4, 0.5) is 0 Å². The molecule has 1 saturated carbocycles. The van der Waals surface area contributed by atoms with Crippen LogP contribution in [0.2, 0.25) is 0 Å². The first-order valence-electron chi connectivity index (χ1n) is 14.3. The van der Waals surface area contributed by atoms with E-state index in [1.807, 2.05) is 39.6 Å². The molecule has 0 unspecified atom stereocenters. The summed E-state index contributed by atoms with van der Waals surface area (Å²) in [4.78, 5) is 0. The van der Waals surface area contributed by atoms with Crippen LogP contribution >= 0.6 is 11.8 Å². The monoisotopic (exact) mass is 512 g/mol. The minimum atomic E-state index is 0.500. The molecule has 1 rings (SSSR count). The second-order valence-corrected chi connectivity index (χ2v) is 11.8. The lowest BCUT2D eigenvalue weighted by molar-refractivity contribution is 0.215. The normalized spacial score (nSPS) is 15.5. The van der Waals surface area contributed by atoms with Crippen molar-refractivity contribution >= 4 is 11.8 Å². The zero-order chi connectivity index (χ0) is 29.0. The number of hydrogen-bond donors (Lipinski definition) is 1. The van der Waals surface area contributed by atoms with Gasteiger partial charge in [0, 0.05) is 13.7 Å². The fraction of sp³-hybridized carbons (Fsp3) is 1.00. The Labute approximate surface area is 227 Å². The summed E-state index contributed by atoms with van der Waals surface area (Å²) in [5.41, 5.74) is 0.500. The van der Waals surface area contributed by atoms with E-state index in [2.05, 4.69) is 106 Å². The number of rotatable bonds is 3. The van der Waals surface area contributed by atoms with Crippen molar-refractivity contribution in [1.82, 2.24) is 5.32 Å². The molecule has 0 atom stereocenters. The number of methoxy groups -OCH3 is 1. The van der Waals surface area contributed by atoms with Gasteiger partial charge in [0.15, 0.2) is 0 Å². The summed E-state index contributed by atoms with van der Waals surface area (Å²) in [7, 11) is 3.61. The van der Waals surface area contributed by atoms with E-state index in [1.54, 1.807) is 7.11 Å². The summed E-state index contributed by atoms with van der Waals surface area (Å²) < 4.78 is 4.54. The van der Waals surface area contributed by atoms with Crippen LogP contribution in [0.5, 0.6) is 0 Å². The largest absolute Gasteiger partial charge is 0.385 e. The second-order valence-electron chi connectivity index (χ2n) is 10.7. The van der Waals surface area contributed by atoms with Crippen LogP contribution in [0.3, 0.4) is 0 Å². The third kappa shape index (κ3) is 179. The number of nitrogens with one attached hydrogen (secondary N) is 1. The van der Waals surface area contributed by atoms with E-state index in [0.717, 1.165) is 30.9 Å². The summed E-state index contributed by atoms with van der Waals surface area (Å²) >= 11 is 1.86. The lowest BCUT2D eigenvalue weighted by Crippen LogP contribution is -2.08. The topological polar surface area (TPSA) is 21.3 Å². The molecule has 1 fully saturated rings. The highest BCUT2D eigenvalue weighted by Crippen LogP contribution is 2.27. The van der Waals surface area contributed by atoms with Crippen molar-refractivity contribution in [3.05, 3.63) is 0 Å². The smallest absolute Gasteiger partial charge is 0.0433 e. The van der Waals surface area contributed by atoms with Crippen molar-refractivity contribution < 1.29 is 4.74 Å². The maximum absolute atomic E-state index is 4.54. The van der Waals surface area contributed by atoms with Gasteiger partial charge < -0.3 is 10.1 Å². The zero-order valence-corrected chi connectivity index (χ0v) is 29.0. The lowest BCUT2D eigenvalue weighted by atomic mass is 9.84. The maximum atomic E-state index is 4.54. The third-order valence-electron chi connectivity index (χ3n) is 3.24. The second kappa shape index (κ2) is 50.2. The van der Waals surface area contributed by atoms with E-state index >= 15 is 0 Å². The molecule has 34 heavy (non-hydrogen) atoms. The van der Waals surface area contributed by atoms with Crippen molar-refractivity contribution in [2.75, 3.05) is 39.3 Å².